The van der Waals surface area contributed by atoms with Gasteiger partial charge in [-0.1, -0.05) is 23.7 Å². The molecule has 1 aromatic carbocycles. The van der Waals surface area contributed by atoms with Gasteiger partial charge >= 0.3 is 0 Å². The summed E-state index contributed by atoms with van der Waals surface area (Å²) in [5.41, 5.74) is 0.787. The highest BCUT2D eigenvalue weighted by molar-refractivity contribution is 7.59. The summed E-state index contributed by atoms with van der Waals surface area (Å²) in [6.45, 7) is 0.869. The maximum atomic E-state index is 6.21. The van der Waals surface area contributed by atoms with E-state index in [1.54, 1.807) is 17.6 Å². The Kier molecular flexibility index (Phi) is 6.20. The molecule has 0 fully saturated rings. The summed E-state index contributed by atoms with van der Waals surface area (Å²) in [4.78, 5) is 1.12. The lowest BCUT2D eigenvalue weighted by Gasteiger charge is -2.18. The zero-order chi connectivity index (χ0) is 14.7. The Balaban J connectivity index is 0.00000176. The molecule has 22 heavy (non-hydrogen) atoms. The smallest absolute Gasteiger partial charge is 0.175 e. The van der Waals surface area contributed by atoms with Crippen LogP contribution in [-0.4, -0.2) is 13.6 Å². The summed E-state index contributed by atoms with van der Waals surface area (Å²) in [6.07, 6.45) is 2.51. The predicted octanol–water partition coefficient (Wildman–Crippen LogP) is 4.99. The van der Waals surface area contributed by atoms with E-state index in [-0.39, 0.29) is 19.6 Å². The third-order valence-corrected chi connectivity index (χ3v) is 4.60. The molecule has 0 bridgehead atoms. The summed E-state index contributed by atoms with van der Waals surface area (Å²) < 4.78 is 12.5. The highest BCUT2D eigenvalue weighted by Gasteiger charge is 2.17. The summed E-state index contributed by atoms with van der Waals surface area (Å²) in [7, 11) is 1.94. The molecule has 3 aromatic rings. The first-order valence-corrected chi connectivity index (χ1v) is 8.00. The Morgan fingerprint density at radius 1 is 1.27 bits per heavy atom. The molecule has 0 spiro atoms. The third-order valence-electron chi connectivity index (χ3n) is 3.28. The monoisotopic (exact) mass is 355 g/mol. The van der Waals surface area contributed by atoms with Crippen molar-refractivity contribution < 1.29 is 9.15 Å². The van der Waals surface area contributed by atoms with Crippen molar-refractivity contribution in [3.8, 4) is 5.75 Å². The molecule has 0 saturated heterocycles. The van der Waals surface area contributed by atoms with Gasteiger partial charge in [0.2, 0.25) is 0 Å². The standard InChI is InChI=1S/C16H16ClNO2S.H2S/c1-18-9-7-12(14-5-6-15(17)21-14)20-13-4-2-3-11-8-10-19-16(11)13;/h2-6,8,10,12,18H,7,9H2,1H3;1H2/t12-;/m0./s1. The number of hydrogen-bond donors (Lipinski definition) is 1. The van der Waals surface area contributed by atoms with Gasteiger partial charge in [-0.25, -0.2) is 0 Å². The van der Waals surface area contributed by atoms with Gasteiger partial charge in [0.05, 0.1) is 10.6 Å². The van der Waals surface area contributed by atoms with Crippen molar-refractivity contribution in [1.29, 1.82) is 0 Å². The van der Waals surface area contributed by atoms with Gasteiger partial charge in [0.25, 0.3) is 0 Å². The fourth-order valence-electron chi connectivity index (χ4n) is 2.25. The van der Waals surface area contributed by atoms with Crippen LogP contribution in [0, 0.1) is 0 Å². The third kappa shape index (κ3) is 3.79. The van der Waals surface area contributed by atoms with E-state index < -0.39 is 0 Å². The van der Waals surface area contributed by atoms with Crippen LogP contribution in [0.4, 0.5) is 0 Å². The minimum Gasteiger partial charge on any atom is -0.481 e. The lowest BCUT2D eigenvalue weighted by Crippen LogP contribution is -2.15. The first-order valence-electron chi connectivity index (χ1n) is 6.80. The van der Waals surface area contributed by atoms with Crippen LogP contribution in [0.5, 0.6) is 5.75 Å². The van der Waals surface area contributed by atoms with Gasteiger partial charge in [-0.05, 0) is 37.9 Å². The van der Waals surface area contributed by atoms with Crippen molar-refractivity contribution in [2.45, 2.75) is 12.5 Å². The maximum Gasteiger partial charge on any atom is 0.175 e. The molecule has 6 heteroatoms. The van der Waals surface area contributed by atoms with Crippen molar-refractivity contribution in [3.63, 3.8) is 0 Å². The van der Waals surface area contributed by atoms with E-state index in [4.69, 9.17) is 20.8 Å². The summed E-state index contributed by atoms with van der Waals surface area (Å²) in [6, 6.07) is 11.8. The normalized spacial score (nSPS) is 12.1. The quantitative estimate of drug-likeness (QED) is 0.676. The second kappa shape index (κ2) is 7.92. The zero-order valence-electron chi connectivity index (χ0n) is 12.1. The van der Waals surface area contributed by atoms with Crippen LogP contribution in [-0.2, 0) is 0 Å². The summed E-state index contributed by atoms with van der Waals surface area (Å²) in [5, 5.41) is 4.21. The van der Waals surface area contributed by atoms with Gasteiger partial charge in [0.15, 0.2) is 11.3 Å². The molecule has 2 heterocycles. The molecule has 0 aliphatic rings. The second-order valence-corrected chi connectivity index (χ2v) is 6.48. The summed E-state index contributed by atoms with van der Waals surface area (Å²) in [5.74, 6) is 0.767. The Hall–Kier alpha value is -1.14. The Morgan fingerprint density at radius 3 is 2.86 bits per heavy atom. The van der Waals surface area contributed by atoms with E-state index in [0.29, 0.717) is 0 Å². The topological polar surface area (TPSA) is 34.4 Å². The van der Waals surface area contributed by atoms with Crippen LogP contribution in [0.25, 0.3) is 11.0 Å². The van der Waals surface area contributed by atoms with Gasteiger partial charge in [-0.15, -0.1) is 11.3 Å². The van der Waals surface area contributed by atoms with Gasteiger partial charge in [-0.3, -0.25) is 0 Å². The number of benzene rings is 1. The Morgan fingerprint density at radius 2 is 2.14 bits per heavy atom. The van der Waals surface area contributed by atoms with E-state index in [1.807, 2.05) is 43.4 Å². The molecule has 2 aromatic heterocycles. The molecule has 0 saturated carbocycles. The first-order chi connectivity index (χ1) is 10.3. The molecule has 1 atom stereocenters. The minimum absolute atomic E-state index is 0. The highest BCUT2D eigenvalue weighted by Crippen LogP contribution is 2.35. The van der Waals surface area contributed by atoms with Crippen molar-refractivity contribution in [1.82, 2.24) is 5.32 Å². The van der Waals surface area contributed by atoms with Crippen LogP contribution in [0.1, 0.15) is 17.4 Å². The minimum atomic E-state index is -0.0364. The van der Waals surface area contributed by atoms with Crippen molar-refractivity contribution in [2.75, 3.05) is 13.6 Å². The number of nitrogens with one attached hydrogen (secondary N) is 1. The fraction of sp³-hybridized carbons (Fsp3) is 0.250. The number of para-hydroxylation sites is 1. The molecule has 3 nitrogen and oxygen atoms in total. The SMILES string of the molecule is CNCC[C@H](Oc1cccc2ccoc12)c1ccc(Cl)s1.S. The van der Waals surface area contributed by atoms with E-state index in [0.717, 1.165) is 38.9 Å². The lowest BCUT2D eigenvalue weighted by molar-refractivity contribution is 0.199. The molecule has 118 valence electrons. The van der Waals surface area contributed by atoms with Crippen molar-refractivity contribution in [2.24, 2.45) is 0 Å². The number of furan rings is 1. The van der Waals surface area contributed by atoms with E-state index in [1.165, 1.54) is 0 Å². The molecular formula is C16H18ClNO2S2. The Labute approximate surface area is 145 Å². The number of fused-ring (bicyclic) bond motifs is 1. The molecule has 0 unspecified atom stereocenters. The van der Waals surface area contributed by atoms with Crippen molar-refractivity contribution >= 4 is 47.4 Å². The van der Waals surface area contributed by atoms with Crippen LogP contribution >= 0.6 is 36.4 Å². The number of ether oxygens (including phenoxy) is 1. The average molecular weight is 356 g/mol. The molecule has 0 radical (unpaired) electrons. The van der Waals surface area contributed by atoms with E-state index in [2.05, 4.69) is 5.32 Å². The van der Waals surface area contributed by atoms with E-state index >= 15 is 0 Å². The van der Waals surface area contributed by atoms with Gasteiger partial charge in [-0.2, -0.15) is 13.5 Å². The number of hydrogen-bond acceptors (Lipinski definition) is 4. The van der Waals surface area contributed by atoms with Crippen LogP contribution < -0.4 is 10.1 Å². The zero-order valence-corrected chi connectivity index (χ0v) is 14.7. The van der Waals surface area contributed by atoms with E-state index in [9.17, 15) is 0 Å². The predicted molar refractivity (Wildman–Crippen MR) is 97.8 cm³/mol. The summed E-state index contributed by atoms with van der Waals surface area (Å²) >= 11 is 7.60. The van der Waals surface area contributed by atoms with Gasteiger partial charge in [0, 0.05) is 16.7 Å². The maximum absolute atomic E-state index is 6.21. The van der Waals surface area contributed by atoms with Crippen LogP contribution in [0.15, 0.2) is 47.1 Å². The first kappa shape index (κ1) is 17.2. The van der Waals surface area contributed by atoms with Gasteiger partial charge in [0.1, 0.15) is 6.10 Å². The number of thiophene rings is 1. The Bertz CT molecular complexity index is 726. The molecular weight excluding hydrogens is 338 g/mol. The molecule has 1 N–H and O–H groups in total. The molecule has 0 aliphatic heterocycles. The average Bonchev–Trinajstić information content (AvgIpc) is 3.12. The van der Waals surface area contributed by atoms with Crippen LogP contribution in [0.3, 0.4) is 0 Å². The molecule has 0 amide bonds. The molecule has 0 aliphatic carbocycles. The highest BCUT2D eigenvalue weighted by atomic mass is 35.5. The molecule has 3 rings (SSSR count). The fourth-order valence-corrected chi connectivity index (χ4v) is 3.37. The van der Waals surface area contributed by atoms with Crippen LogP contribution in [0.2, 0.25) is 4.34 Å². The second-order valence-electron chi connectivity index (χ2n) is 4.74. The van der Waals surface area contributed by atoms with Crippen molar-refractivity contribution in [3.05, 3.63) is 51.9 Å². The number of rotatable bonds is 6. The largest absolute Gasteiger partial charge is 0.481 e. The van der Waals surface area contributed by atoms with Gasteiger partial charge < -0.3 is 14.5 Å². The number of halogens is 1. The lowest BCUT2D eigenvalue weighted by atomic mass is 10.2.